The fourth-order valence-corrected chi connectivity index (χ4v) is 3.88. The summed E-state index contributed by atoms with van der Waals surface area (Å²) in [7, 11) is 1.53. The summed E-state index contributed by atoms with van der Waals surface area (Å²) < 4.78 is 7.03. The van der Waals surface area contributed by atoms with E-state index in [4.69, 9.17) is 4.74 Å². The van der Waals surface area contributed by atoms with E-state index in [9.17, 15) is 4.79 Å². The summed E-state index contributed by atoms with van der Waals surface area (Å²) in [5.74, 6) is -0.0832. The lowest BCUT2D eigenvalue weighted by atomic mass is 10.1. The van der Waals surface area contributed by atoms with Crippen LogP contribution in [0, 0.1) is 6.92 Å². The quantitative estimate of drug-likeness (QED) is 0.871. The molecule has 0 saturated heterocycles. The van der Waals surface area contributed by atoms with Gasteiger partial charge in [0.15, 0.2) is 0 Å². The van der Waals surface area contributed by atoms with E-state index < -0.39 is 0 Å². The number of ether oxygens (including phenoxy) is 1. The Bertz CT molecular complexity index is 667. The standard InChI is InChI=1S/C16H22N4O2S/c1-12-3-4-15(23-12)9-19-7-13-5-17-11-20(13)14(8-19)6-18-16(21)10-22-2/h3-5,11,14H,6-10H2,1-2H3,(H,18,21). The third-order valence-electron chi connectivity index (χ3n) is 3.98. The van der Waals surface area contributed by atoms with Crippen LogP contribution in [0.15, 0.2) is 24.7 Å². The van der Waals surface area contributed by atoms with E-state index in [1.54, 1.807) is 0 Å². The molecule has 1 atom stereocenters. The summed E-state index contributed by atoms with van der Waals surface area (Å²) in [5.41, 5.74) is 1.19. The van der Waals surface area contributed by atoms with E-state index in [0.717, 1.165) is 19.6 Å². The molecule has 0 bridgehead atoms. The van der Waals surface area contributed by atoms with E-state index in [-0.39, 0.29) is 18.6 Å². The predicted molar refractivity (Wildman–Crippen MR) is 89.3 cm³/mol. The molecule has 7 heteroatoms. The van der Waals surface area contributed by atoms with Gasteiger partial charge in [-0.25, -0.2) is 4.98 Å². The number of aromatic nitrogens is 2. The van der Waals surface area contributed by atoms with Crippen LogP contribution in [0.2, 0.25) is 0 Å². The fraction of sp³-hybridized carbons (Fsp3) is 0.500. The summed E-state index contributed by atoms with van der Waals surface area (Å²) in [4.78, 5) is 21.0. The average Bonchev–Trinajstić information content (AvgIpc) is 3.14. The monoisotopic (exact) mass is 334 g/mol. The number of fused-ring (bicyclic) bond motifs is 1. The Kier molecular flexibility index (Phi) is 5.09. The molecule has 2 aromatic rings. The predicted octanol–water partition coefficient (Wildman–Crippen LogP) is 1.57. The lowest BCUT2D eigenvalue weighted by Crippen LogP contribution is -2.42. The summed E-state index contributed by atoms with van der Waals surface area (Å²) in [6, 6.07) is 4.56. The van der Waals surface area contributed by atoms with Gasteiger partial charge in [-0.1, -0.05) is 0 Å². The van der Waals surface area contributed by atoms with Crippen LogP contribution in [0.25, 0.3) is 0 Å². The molecule has 0 radical (unpaired) electrons. The zero-order chi connectivity index (χ0) is 16.2. The van der Waals surface area contributed by atoms with E-state index in [0.29, 0.717) is 6.54 Å². The number of amides is 1. The smallest absolute Gasteiger partial charge is 0.246 e. The molecule has 0 saturated carbocycles. The Morgan fingerprint density at radius 3 is 3.13 bits per heavy atom. The van der Waals surface area contributed by atoms with Crippen LogP contribution in [0.1, 0.15) is 21.5 Å². The van der Waals surface area contributed by atoms with Gasteiger partial charge in [0.05, 0.1) is 18.1 Å². The minimum Gasteiger partial charge on any atom is -0.375 e. The maximum atomic E-state index is 11.6. The molecule has 124 valence electrons. The largest absolute Gasteiger partial charge is 0.375 e. The van der Waals surface area contributed by atoms with E-state index in [2.05, 4.69) is 38.8 Å². The number of carbonyl (C=O) groups excluding carboxylic acids is 1. The highest BCUT2D eigenvalue weighted by atomic mass is 32.1. The number of nitrogens with zero attached hydrogens (tertiary/aromatic N) is 3. The van der Waals surface area contributed by atoms with E-state index >= 15 is 0 Å². The first-order chi connectivity index (χ1) is 11.2. The Labute approximate surface area is 140 Å². The molecule has 3 heterocycles. The van der Waals surface area contributed by atoms with Gasteiger partial charge in [-0.3, -0.25) is 9.69 Å². The zero-order valence-electron chi connectivity index (χ0n) is 13.5. The Hall–Kier alpha value is -1.70. The van der Waals surface area contributed by atoms with Crippen LogP contribution in [-0.4, -0.2) is 47.2 Å². The molecule has 1 unspecified atom stereocenters. The first-order valence-electron chi connectivity index (χ1n) is 7.69. The van der Waals surface area contributed by atoms with Crippen LogP contribution in [0.4, 0.5) is 0 Å². The van der Waals surface area contributed by atoms with Gasteiger partial charge in [0.2, 0.25) is 5.91 Å². The highest BCUT2D eigenvalue weighted by molar-refractivity contribution is 7.11. The van der Waals surface area contributed by atoms with Crippen molar-refractivity contribution >= 4 is 17.2 Å². The van der Waals surface area contributed by atoms with Crippen molar-refractivity contribution in [1.82, 2.24) is 19.8 Å². The summed E-state index contributed by atoms with van der Waals surface area (Å²) in [5, 5.41) is 2.94. The van der Waals surface area contributed by atoms with Crippen molar-refractivity contribution in [2.45, 2.75) is 26.1 Å². The van der Waals surface area contributed by atoms with Gasteiger partial charge < -0.3 is 14.6 Å². The normalized spacial score (nSPS) is 17.9. The molecule has 1 aliphatic heterocycles. The maximum Gasteiger partial charge on any atom is 0.246 e. The van der Waals surface area contributed by atoms with Crippen molar-refractivity contribution in [2.75, 3.05) is 26.8 Å². The summed E-state index contributed by atoms with van der Waals surface area (Å²) in [6.45, 7) is 5.54. The van der Waals surface area contributed by atoms with Crippen LogP contribution >= 0.6 is 11.3 Å². The zero-order valence-corrected chi connectivity index (χ0v) is 14.3. The van der Waals surface area contributed by atoms with E-state index in [1.165, 1.54) is 22.6 Å². The van der Waals surface area contributed by atoms with Crippen molar-refractivity contribution in [3.05, 3.63) is 40.1 Å². The van der Waals surface area contributed by atoms with Crippen LogP contribution in [-0.2, 0) is 22.6 Å². The highest BCUT2D eigenvalue weighted by Gasteiger charge is 2.25. The van der Waals surface area contributed by atoms with Gasteiger partial charge in [0, 0.05) is 49.2 Å². The lowest BCUT2D eigenvalue weighted by Gasteiger charge is -2.34. The van der Waals surface area contributed by atoms with Crippen molar-refractivity contribution in [3.8, 4) is 0 Å². The van der Waals surface area contributed by atoms with E-state index in [1.807, 2.05) is 23.9 Å². The number of thiophene rings is 1. The average molecular weight is 334 g/mol. The van der Waals surface area contributed by atoms with Crippen molar-refractivity contribution < 1.29 is 9.53 Å². The number of aryl methyl sites for hydroxylation is 1. The molecular weight excluding hydrogens is 312 g/mol. The van der Waals surface area contributed by atoms with Gasteiger partial charge >= 0.3 is 0 Å². The van der Waals surface area contributed by atoms with Crippen LogP contribution in [0.3, 0.4) is 0 Å². The summed E-state index contributed by atoms with van der Waals surface area (Å²) >= 11 is 1.84. The second-order valence-corrected chi connectivity index (χ2v) is 7.24. The molecule has 2 aromatic heterocycles. The molecular formula is C16H22N4O2S. The first-order valence-corrected chi connectivity index (χ1v) is 8.51. The summed E-state index contributed by atoms with van der Waals surface area (Å²) in [6.07, 6.45) is 3.77. The van der Waals surface area contributed by atoms with Crippen LogP contribution in [0.5, 0.6) is 0 Å². The van der Waals surface area contributed by atoms with Gasteiger partial charge in [0.25, 0.3) is 0 Å². The molecule has 23 heavy (non-hydrogen) atoms. The minimum atomic E-state index is -0.0832. The van der Waals surface area contributed by atoms with Crippen LogP contribution < -0.4 is 5.32 Å². The Balaban J connectivity index is 1.66. The van der Waals surface area contributed by atoms with Crippen molar-refractivity contribution in [3.63, 3.8) is 0 Å². The van der Waals surface area contributed by atoms with Gasteiger partial charge in [-0.15, -0.1) is 11.3 Å². The number of hydrogen-bond donors (Lipinski definition) is 1. The molecule has 1 aliphatic rings. The third kappa shape index (κ3) is 3.99. The molecule has 6 nitrogen and oxygen atoms in total. The topological polar surface area (TPSA) is 59.4 Å². The van der Waals surface area contributed by atoms with Crippen molar-refractivity contribution in [2.24, 2.45) is 0 Å². The molecule has 1 N–H and O–H groups in total. The Morgan fingerprint density at radius 1 is 1.52 bits per heavy atom. The molecule has 1 amide bonds. The number of imidazole rings is 1. The van der Waals surface area contributed by atoms with Gasteiger partial charge in [-0.05, 0) is 19.1 Å². The Morgan fingerprint density at radius 2 is 2.39 bits per heavy atom. The first kappa shape index (κ1) is 16.2. The third-order valence-corrected chi connectivity index (χ3v) is 4.97. The minimum absolute atomic E-state index is 0.0832. The highest BCUT2D eigenvalue weighted by Crippen LogP contribution is 2.24. The van der Waals surface area contributed by atoms with Gasteiger partial charge in [0.1, 0.15) is 6.61 Å². The maximum absolute atomic E-state index is 11.6. The lowest BCUT2D eigenvalue weighted by molar-refractivity contribution is -0.124. The molecule has 0 fully saturated rings. The number of nitrogens with one attached hydrogen (secondary N) is 1. The number of hydrogen-bond acceptors (Lipinski definition) is 5. The number of methoxy groups -OCH3 is 1. The SMILES string of the molecule is COCC(=O)NCC1CN(Cc2ccc(C)s2)Cc2cncn21. The fourth-order valence-electron chi connectivity index (χ4n) is 2.95. The second kappa shape index (κ2) is 7.25. The second-order valence-electron chi connectivity index (χ2n) is 5.87. The molecule has 0 aliphatic carbocycles. The molecule has 0 spiro atoms. The number of carbonyl (C=O) groups is 1. The molecule has 0 aromatic carbocycles. The van der Waals surface area contributed by atoms with Crippen molar-refractivity contribution in [1.29, 1.82) is 0 Å². The molecule has 3 rings (SSSR count). The van der Waals surface area contributed by atoms with Gasteiger partial charge in [-0.2, -0.15) is 0 Å². The number of rotatable bonds is 6.